The van der Waals surface area contributed by atoms with Crippen LogP contribution in [0.3, 0.4) is 0 Å². The number of hydrogen-bond acceptors (Lipinski definition) is 5. The molecule has 1 heterocycles. The minimum Gasteiger partial charge on any atom is -0.416 e. The van der Waals surface area contributed by atoms with Gasteiger partial charge in [-0.25, -0.2) is 0 Å². The maximum Gasteiger partial charge on any atom is 0.255 e. The van der Waals surface area contributed by atoms with Crippen LogP contribution in [0.5, 0.6) is 0 Å². The number of aryl methyl sites for hydroxylation is 2. The first-order chi connectivity index (χ1) is 16.3. The summed E-state index contributed by atoms with van der Waals surface area (Å²) in [5, 5.41) is 14.0. The minimum absolute atomic E-state index is 0.0803. The molecule has 4 aromatic rings. The third-order valence-corrected chi connectivity index (χ3v) is 5.36. The first-order valence-corrected chi connectivity index (χ1v) is 11.0. The molecule has 0 saturated heterocycles. The lowest BCUT2D eigenvalue weighted by molar-refractivity contribution is -0.118. The lowest BCUT2D eigenvalue weighted by Crippen LogP contribution is -2.18. The Bertz CT molecular complexity index is 1340. The van der Waals surface area contributed by atoms with Crippen LogP contribution >= 0.6 is 0 Å². The summed E-state index contributed by atoms with van der Waals surface area (Å²) in [5.74, 6) is 0.356. The second-order valence-corrected chi connectivity index (χ2v) is 8.49. The molecule has 0 radical (unpaired) electrons. The van der Waals surface area contributed by atoms with Gasteiger partial charge in [0, 0.05) is 34.0 Å². The van der Waals surface area contributed by atoms with Gasteiger partial charge in [-0.3, -0.25) is 9.59 Å². The van der Waals surface area contributed by atoms with E-state index < -0.39 is 0 Å². The van der Waals surface area contributed by atoms with Gasteiger partial charge in [-0.2, -0.15) is 0 Å². The maximum absolute atomic E-state index is 12.8. The van der Waals surface area contributed by atoms with Gasteiger partial charge in [0.25, 0.3) is 5.91 Å². The molecule has 0 saturated carbocycles. The number of carbonyl (C=O) groups excluding carboxylic acids is 2. The van der Waals surface area contributed by atoms with E-state index in [1.54, 1.807) is 30.3 Å². The van der Waals surface area contributed by atoms with Crippen LogP contribution in [0.25, 0.3) is 22.9 Å². The van der Waals surface area contributed by atoms with Crippen molar-refractivity contribution in [1.82, 2.24) is 10.2 Å². The predicted octanol–water partition coefficient (Wildman–Crippen LogP) is 5.87. The number of anilines is 2. The summed E-state index contributed by atoms with van der Waals surface area (Å²) < 4.78 is 5.83. The van der Waals surface area contributed by atoms with Crippen molar-refractivity contribution in [1.29, 1.82) is 0 Å². The Morgan fingerprint density at radius 2 is 1.53 bits per heavy atom. The molecule has 3 aromatic carbocycles. The van der Waals surface area contributed by atoms with Gasteiger partial charge in [0.15, 0.2) is 0 Å². The summed E-state index contributed by atoms with van der Waals surface area (Å²) in [5.41, 5.74) is 5.33. The molecule has 1 aromatic heterocycles. The molecule has 0 aliphatic carbocycles. The van der Waals surface area contributed by atoms with Gasteiger partial charge in [0.1, 0.15) is 0 Å². The Kier molecular flexibility index (Phi) is 6.54. The van der Waals surface area contributed by atoms with E-state index in [1.807, 2.05) is 64.1 Å². The van der Waals surface area contributed by atoms with Gasteiger partial charge in [-0.05, 0) is 67.9 Å². The second-order valence-electron chi connectivity index (χ2n) is 8.49. The molecular weight excluding hydrogens is 428 g/mol. The van der Waals surface area contributed by atoms with Crippen molar-refractivity contribution < 1.29 is 14.0 Å². The van der Waals surface area contributed by atoms with Gasteiger partial charge in [-0.1, -0.05) is 37.6 Å². The third-order valence-electron chi connectivity index (χ3n) is 5.36. The molecule has 7 nitrogen and oxygen atoms in total. The summed E-state index contributed by atoms with van der Waals surface area (Å²) in [6, 6.07) is 20.2. The molecule has 2 N–H and O–H groups in total. The number of amides is 2. The first kappa shape index (κ1) is 22.9. The SMILES string of the molecule is Cc1cccc(-c2nnc(-c3ccc(C(=O)Nc4cc(NC(=O)C(C)C)ccc4C)cc3)o2)c1. The van der Waals surface area contributed by atoms with Crippen LogP contribution in [0.1, 0.15) is 35.3 Å². The fourth-order valence-corrected chi connectivity index (χ4v) is 3.31. The van der Waals surface area contributed by atoms with Crippen LogP contribution in [-0.2, 0) is 4.79 Å². The van der Waals surface area contributed by atoms with E-state index in [0.29, 0.717) is 28.7 Å². The fourth-order valence-electron chi connectivity index (χ4n) is 3.31. The molecule has 0 aliphatic rings. The molecule has 34 heavy (non-hydrogen) atoms. The molecule has 0 atom stereocenters. The van der Waals surface area contributed by atoms with Crippen molar-refractivity contribution in [3.63, 3.8) is 0 Å². The standard InChI is InChI=1S/C27H26N4O3/c1-16(2)24(32)28-22-13-8-18(4)23(15-22)29-25(33)19-9-11-20(12-10-19)26-30-31-27(34-26)21-7-5-6-17(3)14-21/h5-16H,1-4H3,(H,28,32)(H,29,33). The molecule has 0 spiro atoms. The lowest BCUT2D eigenvalue weighted by atomic mass is 10.1. The van der Waals surface area contributed by atoms with Crippen molar-refractivity contribution >= 4 is 23.2 Å². The van der Waals surface area contributed by atoms with Gasteiger partial charge < -0.3 is 15.1 Å². The first-order valence-electron chi connectivity index (χ1n) is 11.0. The van der Waals surface area contributed by atoms with Crippen LogP contribution in [-0.4, -0.2) is 22.0 Å². The van der Waals surface area contributed by atoms with Gasteiger partial charge in [0.2, 0.25) is 17.7 Å². The highest BCUT2D eigenvalue weighted by atomic mass is 16.4. The molecule has 0 bridgehead atoms. The van der Waals surface area contributed by atoms with E-state index in [-0.39, 0.29) is 17.7 Å². The predicted molar refractivity (Wildman–Crippen MR) is 133 cm³/mol. The largest absolute Gasteiger partial charge is 0.416 e. The zero-order valence-corrected chi connectivity index (χ0v) is 19.5. The van der Waals surface area contributed by atoms with Gasteiger partial charge in [-0.15, -0.1) is 10.2 Å². The summed E-state index contributed by atoms with van der Waals surface area (Å²) in [6.45, 7) is 7.55. The average Bonchev–Trinajstić information content (AvgIpc) is 3.31. The smallest absolute Gasteiger partial charge is 0.255 e. The highest BCUT2D eigenvalue weighted by molar-refractivity contribution is 6.05. The highest BCUT2D eigenvalue weighted by Crippen LogP contribution is 2.25. The van der Waals surface area contributed by atoms with Crippen LogP contribution in [0, 0.1) is 19.8 Å². The molecule has 2 amide bonds. The monoisotopic (exact) mass is 454 g/mol. The normalized spacial score (nSPS) is 10.9. The number of rotatable bonds is 6. The van der Waals surface area contributed by atoms with Crippen molar-refractivity contribution in [3.8, 4) is 22.9 Å². The molecule has 172 valence electrons. The maximum atomic E-state index is 12.8. The van der Waals surface area contributed by atoms with Crippen molar-refractivity contribution in [3.05, 3.63) is 83.4 Å². The molecular formula is C27H26N4O3. The van der Waals surface area contributed by atoms with Crippen molar-refractivity contribution in [2.45, 2.75) is 27.7 Å². The Morgan fingerprint density at radius 3 is 2.21 bits per heavy atom. The van der Waals surface area contributed by atoms with Crippen LogP contribution in [0.2, 0.25) is 0 Å². The highest BCUT2D eigenvalue weighted by Gasteiger charge is 2.14. The van der Waals surface area contributed by atoms with Crippen LogP contribution in [0.15, 0.2) is 71.1 Å². The molecule has 0 aliphatic heterocycles. The minimum atomic E-state index is -0.257. The van der Waals surface area contributed by atoms with Crippen LogP contribution < -0.4 is 10.6 Å². The number of hydrogen-bond donors (Lipinski definition) is 2. The topological polar surface area (TPSA) is 97.1 Å². The summed E-state index contributed by atoms with van der Waals surface area (Å²) in [6.07, 6.45) is 0. The zero-order chi connectivity index (χ0) is 24.2. The molecule has 7 heteroatoms. The Balaban J connectivity index is 1.47. The van der Waals surface area contributed by atoms with E-state index in [4.69, 9.17) is 4.42 Å². The number of benzene rings is 3. The summed E-state index contributed by atoms with van der Waals surface area (Å²) in [7, 11) is 0. The van der Waals surface area contributed by atoms with E-state index >= 15 is 0 Å². The van der Waals surface area contributed by atoms with Crippen LogP contribution in [0.4, 0.5) is 11.4 Å². The zero-order valence-electron chi connectivity index (χ0n) is 19.5. The summed E-state index contributed by atoms with van der Waals surface area (Å²) >= 11 is 0. The fraction of sp³-hybridized carbons (Fsp3) is 0.185. The molecule has 4 rings (SSSR count). The molecule has 0 unspecified atom stereocenters. The molecule has 0 fully saturated rings. The van der Waals surface area contributed by atoms with E-state index in [2.05, 4.69) is 20.8 Å². The quantitative estimate of drug-likeness (QED) is 0.380. The second kappa shape index (κ2) is 9.70. The van der Waals surface area contributed by atoms with Crippen molar-refractivity contribution in [2.75, 3.05) is 10.6 Å². The summed E-state index contributed by atoms with van der Waals surface area (Å²) in [4.78, 5) is 24.8. The lowest BCUT2D eigenvalue weighted by Gasteiger charge is -2.13. The Morgan fingerprint density at radius 1 is 0.824 bits per heavy atom. The number of carbonyl (C=O) groups is 2. The third kappa shape index (κ3) is 5.20. The van der Waals surface area contributed by atoms with E-state index in [9.17, 15) is 9.59 Å². The van der Waals surface area contributed by atoms with Crippen molar-refractivity contribution in [2.24, 2.45) is 5.92 Å². The van der Waals surface area contributed by atoms with E-state index in [1.165, 1.54) is 0 Å². The Labute approximate surface area is 198 Å². The van der Waals surface area contributed by atoms with Gasteiger partial charge in [0.05, 0.1) is 0 Å². The number of aromatic nitrogens is 2. The number of nitrogens with zero attached hydrogens (tertiary/aromatic N) is 2. The Hall–Kier alpha value is -4.26. The number of nitrogens with one attached hydrogen (secondary N) is 2. The average molecular weight is 455 g/mol. The van der Waals surface area contributed by atoms with Gasteiger partial charge >= 0.3 is 0 Å². The van der Waals surface area contributed by atoms with E-state index in [0.717, 1.165) is 22.3 Å².